The van der Waals surface area contributed by atoms with E-state index in [4.69, 9.17) is 22.6 Å². The number of nitriles is 1. The molecule has 0 heterocycles. The van der Waals surface area contributed by atoms with Crippen molar-refractivity contribution < 1.29 is 10.2 Å². The zero-order valence-electron chi connectivity index (χ0n) is 8.11. The minimum atomic E-state index is -0.816. The van der Waals surface area contributed by atoms with Crippen LogP contribution in [0.1, 0.15) is 24.1 Å². The summed E-state index contributed by atoms with van der Waals surface area (Å²) in [6.45, 7) is 1.50. The van der Waals surface area contributed by atoms with Crippen LogP contribution in [0.3, 0.4) is 0 Å². The van der Waals surface area contributed by atoms with Crippen molar-refractivity contribution >= 4 is 11.6 Å². The van der Waals surface area contributed by atoms with Crippen LogP contribution in [0.15, 0.2) is 12.1 Å². The number of nitrogens with zero attached hydrogens (tertiary/aromatic N) is 1. The van der Waals surface area contributed by atoms with Crippen molar-refractivity contribution in [1.29, 1.82) is 5.26 Å². The maximum absolute atomic E-state index is 9.55. The SMILES string of the molecule is C[C@@H](O)[C@@H](N)c1cc(C#N)c(Cl)cc1O. The molecule has 5 heteroatoms. The first kappa shape index (κ1) is 11.8. The first-order chi connectivity index (χ1) is 6.97. The molecule has 0 aromatic heterocycles. The molecule has 0 fully saturated rings. The van der Waals surface area contributed by atoms with E-state index in [1.165, 1.54) is 19.1 Å². The zero-order valence-corrected chi connectivity index (χ0v) is 8.86. The lowest BCUT2D eigenvalue weighted by molar-refractivity contribution is 0.163. The zero-order chi connectivity index (χ0) is 11.6. The van der Waals surface area contributed by atoms with Gasteiger partial charge >= 0.3 is 0 Å². The molecule has 0 aliphatic rings. The monoisotopic (exact) mass is 226 g/mol. The Bertz CT molecular complexity index is 413. The van der Waals surface area contributed by atoms with E-state index >= 15 is 0 Å². The summed E-state index contributed by atoms with van der Waals surface area (Å²) in [5, 5.41) is 27.7. The Balaban J connectivity index is 3.26. The predicted molar refractivity (Wildman–Crippen MR) is 56.4 cm³/mol. The van der Waals surface area contributed by atoms with Gasteiger partial charge in [0.1, 0.15) is 11.8 Å². The summed E-state index contributed by atoms with van der Waals surface area (Å²) in [7, 11) is 0. The third-order valence-electron chi connectivity index (χ3n) is 2.12. The molecule has 0 spiro atoms. The highest BCUT2D eigenvalue weighted by Gasteiger charge is 2.18. The quantitative estimate of drug-likeness (QED) is 0.709. The van der Waals surface area contributed by atoms with Crippen molar-refractivity contribution in [2.75, 3.05) is 0 Å². The standard InChI is InChI=1S/C10H11ClN2O2/c1-5(14)10(13)7-2-6(4-12)8(11)3-9(7)15/h2-3,5,10,14-15H,13H2,1H3/t5-,10-/m1/s1. The number of halogens is 1. The summed E-state index contributed by atoms with van der Waals surface area (Å²) >= 11 is 5.70. The summed E-state index contributed by atoms with van der Waals surface area (Å²) in [6.07, 6.45) is -0.816. The van der Waals surface area contributed by atoms with Crippen molar-refractivity contribution in [3.63, 3.8) is 0 Å². The van der Waals surface area contributed by atoms with Crippen LogP contribution in [0, 0.1) is 11.3 Å². The van der Waals surface area contributed by atoms with Gasteiger partial charge in [0.05, 0.1) is 22.7 Å². The van der Waals surface area contributed by atoms with Crippen molar-refractivity contribution in [1.82, 2.24) is 0 Å². The van der Waals surface area contributed by atoms with Gasteiger partial charge in [0.15, 0.2) is 0 Å². The fourth-order valence-electron chi connectivity index (χ4n) is 1.19. The second-order valence-corrected chi connectivity index (χ2v) is 3.68. The lowest BCUT2D eigenvalue weighted by Gasteiger charge is -2.16. The number of benzene rings is 1. The summed E-state index contributed by atoms with van der Waals surface area (Å²) in [4.78, 5) is 0. The molecule has 4 N–H and O–H groups in total. The lowest BCUT2D eigenvalue weighted by Crippen LogP contribution is -2.23. The number of aliphatic hydroxyl groups excluding tert-OH is 1. The second kappa shape index (κ2) is 4.49. The number of aliphatic hydroxyl groups is 1. The van der Waals surface area contributed by atoms with Crippen molar-refractivity contribution in [2.24, 2.45) is 5.73 Å². The average Bonchev–Trinajstić information content (AvgIpc) is 2.17. The first-order valence-electron chi connectivity index (χ1n) is 4.33. The largest absolute Gasteiger partial charge is 0.508 e. The van der Waals surface area contributed by atoms with Crippen molar-refractivity contribution in [3.8, 4) is 11.8 Å². The molecule has 80 valence electrons. The number of phenolic OH excluding ortho intramolecular Hbond substituents is 1. The Morgan fingerprint density at radius 1 is 1.53 bits per heavy atom. The maximum atomic E-state index is 9.55. The summed E-state index contributed by atoms with van der Waals surface area (Å²) < 4.78 is 0. The van der Waals surface area contributed by atoms with E-state index in [-0.39, 0.29) is 16.3 Å². The molecule has 0 saturated heterocycles. The van der Waals surface area contributed by atoms with E-state index in [0.717, 1.165) is 0 Å². The van der Waals surface area contributed by atoms with Gasteiger partial charge in [-0.25, -0.2) is 0 Å². The number of hydrogen-bond donors (Lipinski definition) is 3. The molecule has 0 amide bonds. The van der Waals surface area contributed by atoms with Crippen LogP contribution in [-0.2, 0) is 0 Å². The molecule has 0 aliphatic carbocycles. The molecule has 15 heavy (non-hydrogen) atoms. The van der Waals surface area contributed by atoms with E-state index in [0.29, 0.717) is 5.56 Å². The average molecular weight is 227 g/mol. The highest BCUT2D eigenvalue weighted by molar-refractivity contribution is 6.31. The Labute approximate surface area is 92.5 Å². The second-order valence-electron chi connectivity index (χ2n) is 3.27. The molecule has 0 unspecified atom stereocenters. The summed E-state index contributed by atoms with van der Waals surface area (Å²) in [6, 6.07) is 3.77. The lowest BCUT2D eigenvalue weighted by atomic mass is 10.00. The van der Waals surface area contributed by atoms with Crippen LogP contribution >= 0.6 is 11.6 Å². The molecule has 1 rings (SSSR count). The van der Waals surface area contributed by atoms with Gasteiger partial charge in [-0.15, -0.1) is 0 Å². The van der Waals surface area contributed by atoms with Crippen LogP contribution in [0.4, 0.5) is 0 Å². The molecular formula is C10H11ClN2O2. The van der Waals surface area contributed by atoms with Crippen LogP contribution in [0.2, 0.25) is 5.02 Å². The molecule has 1 aromatic carbocycles. The Morgan fingerprint density at radius 2 is 2.13 bits per heavy atom. The van der Waals surface area contributed by atoms with Gasteiger partial charge in [0.2, 0.25) is 0 Å². The Kier molecular flexibility index (Phi) is 3.53. The molecule has 0 radical (unpaired) electrons. The smallest absolute Gasteiger partial charge is 0.122 e. The molecule has 0 bridgehead atoms. The molecule has 2 atom stereocenters. The van der Waals surface area contributed by atoms with E-state index in [1.807, 2.05) is 6.07 Å². The van der Waals surface area contributed by atoms with E-state index < -0.39 is 12.1 Å². The number of phenols is 1. The van der Waals surface area contributed by atoms with Crippen LogP contribution in [-0.4, -0.2) is 16.3 Å². The molecule has 4 nitrogen and oxygen atoms in total. The van der Waals surface area contributed by atoms with Gasteiger partial charge in [-0.3, -0.25) is 0 Å². The van der Waals surface area contributed by atoms with Gasteiger partial charge < -0.3 is 15.9 Å². The Morgan fingerprint density at radius 3 is 2.60 bits per heavy atom. The van der Waals surface area contributed by atoms with Crippen LogP contribution in [0.5, 0.6) is 5.75 Å². The third kappa shape index (κ3) is 2.39. The number of rotatable bonds is 2. The minimum absolute atomic E-state index is 0.118. The van der Waals surface area contributed by atoms with Gasteiger partial charge in [0.25, 0.3) is 0 Å². The summed E-state index contributed by atoms with van der Waals surface area (Å²) in [5.41, 5.74) is 6.18. The van der Waals surface area contributed by atoms with Crippen LogP contribution in [0.25, 0.3) is 0 Å². The third-order valence-corrected chi connectivity index (χ3v) is 2.43. The van der Waals surface area contributed by atoms with E-state index in [2.05, 4.69) is 0 Å². The van der Waals surface area contributed by atoms with Gasteiger partial charge in [-0.1, -0.05) is 11.6 Å². The maximum Gasteiger partial charge on any atom is 0.122 e. The van der Waals surface area contributed by atoms with E-state index in [9.17, 15) is 10.2 Å². The highest BCUT2D eigenvalue weighted by atomic mass is 35.5. The topological polar surface area (TPSA) is 90.3 Å². The number of nitrogens with two attached hydrogens (primary N) is 1. The molecular weight excluding hydrogens is 216 g/mol. The predicted octanol–water partition coefficient (Wildman–Crippen LogP) is 1.30. The fraction of sp³-hybridized carbons (Fsp3) is 0.300. The normalized spacial score (nSPS) is 14.3. The first-order valence-corrected chi connectivity index (χ1v) is 4.71. The van der Waals surface area contributed by atoms with Gasteiger partial charge in [-0.05, 0) is 13.0 Å². The molecule has 0 saturated carbocycles. The van der Waals surface area contributed by atoms with Gasteiger partial charge in [-0.2, -0.15) is 5.26 Å². The molecule has 1 aromatic rings. The Hall–Kier alpha value is -1.28. The number of aromatic hydroxyl groups is 1. The van der Waals surface area contributed by atoms with E-state index in [1.54, 1.807) is 0 Å². The molecule has 0 aliphatic heterocycles. The highest BCUT2D eigenvalue weighted by Crippen LogP contribution is 2.30. The van der Waals surface area contributed by atoms with Crippen LogP contribution < -0.4 is 5.73 Å². The fourth-order valence-corrected chi connectivity index (χ4v) is 1.39. The van der Waals surface area contributed by atoms with Gasteiger partial charge in [0, 0.05) is 11.6 Å². The number of hydrogen-bond acceptors (Lipinski definition) is 4. The van der Waals surface area contributed by atoms with Crippen molar-refractivity contribution in [3.05, 3.63) is 28.3 Å². The summed E-state index contributed by atoms with van der Waals surface area (Å²) in [5.74, 6) is -0.118. The van der Waals surface area contributed by atoms with Crippen molar-refractivity contribution in [2.45, 2.75) is 19.1 Å². The minimum Gasteiger partial charge on any atom is -0.508 e.